The van der Waals surface area contributed by atoms with Gasteiger partial charge in [0.1, 0.15) is 11.6 Å². The number of hydrogen-bond donors (Lipinski definition) is 1. The van der Waals surface area contributed by atoms with E-state index in [0.717, 1.165) is 16.8 Å². The van der Waals surface area contributed by atoms with Crippen LogP contribution in [-0.4, -0.2) is 39.7 Å². The zero-order valence-electron chi connectivity index (χ0n) is 21.0. The Hall–Kier alpha value is -4.56. The van der Waals surface area contributed by atoms with Crippen LogP contribution in [0.5, 0.6) is 17.2 Å². The van der Waals surface area contributed by atoms with Crippen molar-refractivity contribution in [2.24, 2.45) is 0 Å². The topological polar surface area (TPSA) is 90.5 Å². The standard InChI is InChI=1S/C30H24N2O5S/c1-35-23-17-25(37-3)24(36-2)16-22(23)30-31-28(18-9-5-4-6-10-18)29(32-30)19-13-14-27-21(15-19)20-11-7-8-12-26(20)38(27,33)34/h4-17H,1-3H3,(H,31,32). The number of aromatic nitrogens is 2. The second-order valence-corrected chi connectivity index (χ2v) is 10.7. The second-order valence-electron chi connectivity index (χ2n) is 8.79. The Labute approximate surface area is 220 Å². The van der Waals surface area contributed by atoms with Gasteiger partial charge in [-0.05, 0) is 24.3 Å². The van der Waals surface area contributed by atoms with Crippen molar-refractivity contribution in [3.63, 3.8) is 0 Å². The number of fused-ring (bicyclic) bond motifs is 3. The van der Waals surface area contributed by atoms with Crippen LogP contribution in [0.2, 0.25) is 0 Å². The largest absolute Gasteiger partial charge is 0.496 e. The number of nitrogens with one attached hydrogen (secondary N) is 1. The number of sulfone groups is 1. The molecule has 0 radical (unpaired) electrons. The van der Waals surface area contributed by atoms with E-state index < -0.39 is 9.84 Å². The van der Waals surface area contributed by atoms with Gasteiger partial charge in [0.25, 0.3) is 0 Å². The summed E-state index contributed by atoms with van der Waals surface area (Å²) in [6.45, 7) is 0. The molecule has 5 aromatic rings. The molecule has 0 atom stereocenters. The number of hydrogen-bond acceptors (Lipinski definition) is 6. The Bertz CT molecular complexity index is 1790. The Morgan fingerprint density at radius 1 is 0.632 bits per heavy atom. The fourth-order valence-corrected chi connectivity index (χ4v) is 6.57. The highest BCUT2D eigenvalue weighted by molar-refractivity contribution is 7.92. The summed E-state index contributed by atoms with van der Waals surface area (Å²) in [5.74, 6) is 2.23. The maximum Gasteiger partial charge on any atom is 0.207 e. The zero-order chi connectivity index (χ0) is 26.4. The lowest BCUT2D eigenvalue weighted by Crippen LogP contribution is -1.96. The molecule has 190 valence electrons. The van der Waals surface area contributed by atoms with Gasteiger partial charge in [0.15, 0.2) is 11.5 Å². The van der Waals surface area contributed by atoms with Gasteiger partial charge in [-0.1, -0.05) is 54.6 Å². The summed E-state index contributed by atoms with van der Waals surface area (Å²) in [5.41, 5.74) is 5.28. The summed E-state index contributed by atoms with van der Waals surface area (Å²) in [6.07, 6.45) is 0. The third-order valence-corrected chi connectivity index (χ3v) is 8.61. The fourth-order valence-electron chi connectivity index (χ4n) is 4.90. The van der Waals surface area contributed by atoms with Crippen LogP contribution in [0.15, 0.2) is 94.7 Å². The lowest BCUT2D eigenvalue weighted by Gasteiger charge is -2.12. The monoisotopic (exact) mass is 524 g/mol. The number of imidazole rings is 1. The van der Waals surface area contributed by atoms with Gasteiger partial charge in [0, 0.05) is 28.3 Å². The maximum absolute atomic E-state index is 13.1. The third kappa shape index (κ3) is 3.64. The fraction of sp³-hybridized carbons (Fsp3) is 0.100. The van der Waals surface area contributed by atoms with Crippen LogP contribution in [-0.2, 0) is 9.84 Å². The predicted molar refractivity (Wildman–Crippen MR) is 145 cm³/mol. The number of nitrogens with zero attached hydrogens (tertiary/aromatic N) is 1. The van der Waals surface area contributed by atoms with Crippen molar-refractivity contribution < 1.29 is 22.6 Å². The molecule has 4 aromatic carbocycles. The molecule has 1 aliphatic rings. The molecule has 6 rings (SSSR count). The molecule has 0 amide bonds. The average Bonchev–Trinajstić information content (AvgIpc) is 3.50. The van der Waals surface area contributed by atoms with Gasteiger partial charge in [-0.15, -0.1) is 0 Å². The van der Waals surface area contributed by atoms with E-state index in [1.165, 1.54) is 0 Å². The molecule has 1 N–H and O–H groups in total. The molecular formula is C30H24N2O5S. The summed E-state index contributed by atoms with van der Waals surface area (Å²) in [4.78, 5) is 9.11. The average molecular weight is 525 g/mol. The van der Waals surface area contributed by atoms with E-state index in [-0.39, 0.29) is 0 Å². The molecule has 38 heavy (non-hydrogen) atoms. The molecule has 1 aromatic heterocycles. The number of H-pyrrole nitrogens is 1. The summed E-state index contributed by atoms with van der Waals surface area (Å²) in [6, 6.07) is 25.9. The number of methoxy groups -OCH3 is 3. The number of aromatic amines is 1. The van der Waals surface area contributed by atoms with Crippen molar-refractivity contribution >= 4 is 9.84 Å². The van der Waals surface area contributed by atoms with Crippen molar-refractivity contribution in [3.8, 4) is 62.3 Å². The molecule has 1 aliphatic heterocycles. The Kier molecular flexibility index (Phi) is 5.69. The van der Waals surface area contributed by atoms with E-state index in [4.69, 9.17) is 19.2 Å². The van der Waals surface area contributed by atoms with E-state index in [1.807, 2.05) is 54.6 Å². The lowest BCUT2D eigenvalue weighted by molar-refractivity contribution is 0.349. The highest BCUT2D eigenvalue weighted by Gasteiger charge is 2.33. The quantitative estimate of drug-likeness (QED) is 0.277. The maximum atomic E-state index is 13.1. The lowest BCUT2D eigenvalue weighted by atomic mass is 9.99. The van der Waals surface area contributed by atoms with Crippen molar-refractivity contribution in [2.75, 3.05) is 21.3 Å². The minimum absolute atomic E-state index is 0.307. The molecule has 0 unspecified atom stereocenters. The van der Waals surface area contributed by atoms with E-state index >= 15 is 0 Å². The highest BCUT2D eigenvalue weighted by Crippen LogP contribution is 2.46. The van der Waals surface area contributed by atoms with Crippen molar-refractivity contribution in [3.05, 3.63) is 84.9 Å². The van der Waals surface area contributed by atoms with Gasteiger partial charge in [-0.25, -0.2) is 13.4 Å². The van der Waals surface area contributed by atoms with Crippen LogP contribution >= 0.6 is 0 Å². The summed E-state index contributed by atoms with van der Waals surface area (Å²) < 4.78 is 42.9. The molecule has 7 nitrogen and oxygen atoms in total. The molecule has 0 saturated carbocycles. The van der Waals surface area contributed by atoms with E-state index in [2.05, 4.69) is 4.98 Å². The van der Waals surface area contributed by atoms with Gasteiger partial charge in [-0.2, -0.15) is 0 Å². The summed E-state index contributed by atoms with van der Waals surface area (Å²) in [7, 11) is 1.18. The Balaban J connectivity index is 1.58. The zero-order valence-corrected chi connectivity index (χ0v) is 21.8. The first-order chi connectivity index (χ1) is 18.5. The molecular weight excluding hydrogens is 500 g/mol. The molecule has 0 saturated heterocycles. The molecule has 0 bridgehead atoms. The van der Waals surface area contributed by atoms with Gasteiger partial charge in [-0.3, -0.25) is 0 Å². The van der Waals surface area contributed by atoms with Crippen LogP contribution in [0, 0.1) is 0 Å². The van der Waals surface area contributed by atoms with Crippen molar-refractivity contribution in [2.45, 2.75) is 9.79 Å². The van der Waals surface area contributed by atoms with Gasteiger partial charge < -0.3 is 19.2 Å². The molecule has 0 spiro atoms. The molecule has 8 heteroatoms. The normalized spacial score (nSPS) is 13.0. The van der Waals surface area contributed by atoms with Gasteiger partial charge in [0.05, 0.1) is 48.1 Å². The number of ether oxygens (including phenoxy) is 3. The molecule has 0 aliphatic carbocycles. The van der Waals surface area contributed by atoms with Gasteiger partial charge in [0.2, 0.25) is 9.84 Å². The van der Waals surface area contributed by atoms with Crippen molar-refractivity contribution in [1.82, 2.24) is 9.97 Å². The van der Waals surface area contributed by atoms with Gasteiger partial charge >= 0.3 is 0 Å². The molecule has 0 fully saturated rings. The predicted octanol–water partition coefficient (Wildman–Crippen LogP) is 6.25. The smallest absolute Gasteiger partial charge is 0.207 e. The minimum Gasteiger partial charge on any atom is -0.496 e. The summed E-state index contributed by atoms with van der Waals surface area (Å²) >= 11 is 0. The first-order valence-corrected chi connectivity index (χ1v) is 13.4. The number of rotatable bonds is 6. The first kappa shape index (κ1) is 23.8. The van der Waals surface area contributed by atoms with Crippen LogP contribution in [0.3, 0.4) is 0 Å². The number of benzene rings is 4. The SMILES string of the molecule is COc1cc(OC)c(-c2nc(-c3ccc4c(c3)-c3ccccc3S4(=O)=O)c(-c3ccccc3)[nH]2)cc1OC. The van der Waals surface area contributed by atoms with Crippen LogP contribution in [0.4, 0.5) is 0 Å². The molecule has 2 heterocycles. The Morgan fingerprint density at radius 3 is 2.03 bits per heavy atom. The van der Waals surface area contributed by atoms with Crippen LogP contribution in [0.1, 0.15) is 0 Å². The van der Waals surface area contributed by atoms with E-state index in [1.54, 1.807) is 51.7 Å². The second kappa shape index (κ2) is 9.08. The minimum atomic E-state index is -3.56. The third-order valence-electron chi connectivity index (χ3n) is 6.74. The van der Waals surface area contributed by atoms with E-state index in [9.17, 15) is 8.42 Å². The van der Waals surface area contributed by atoms with Crippen LogP contribution < -0.4 is 14.2 Å². The summed E-state index contributed by atoms with van der Waals surface area (Å²) in [5, 5.41) is 0. The highest BCUT2D eigenvalue weighted by atomic mass is 32.2. The Morgan fingerprint density at radius 2 is 1.29 bits per heavy atom. The van der Waals surface area contributed by atoms with E-state index in [0.29, 0.717) is 55.2 Å². The van der Waals surface area contributed by atoms with Crippen LogP contribution in [0.25, 0.3) is 45.0 Å². The first-order valence-electron chi connectivity index (χ1n) is 11.9. The van der Waals surface area contributed by atoms with Crippen molar-refractivity contribution in [1.29, 1.82) is 0 Å².